The number of fused-ring (bicyclic) bond motifs is 1. The van der Waals surface area contributed by atoms with Gasteiger partial charge in [-0.2, -0.15) is 0 Å². The summed E-state index contributed by atoms with van der Waals surface area (Å²) in [6.07, 6.45) is 5.98. The molecule has 0 bridgehead atoms. The standard InChI is InChI=1S/C26H26N2O4/c1-30-20-12-10-18(11-13-20)25-15-22(27-32-25)23-8-3-2-6-14-28(23)16-19-17-31-24-9-5-4-7-21(24)26(19)29/h4-5,7,9-13,15,17,23H,2-3,6,8,14,16H2,1H3/t23-/m1/s1. The first-order chi connectivity index (χ1) is 15.7. The van der Waals surface area contributed by atoms with Gasteiger partial charge in [-0.05, 0) is 55.8 Å². The summed E-state index contributed by atoms with van der Waals surface area (Å²) in [6.45, 7) is 1.43. The van der Waals surface area contributed by atoms with Gasteiger partial charge in [-0.15, -0.1) is 0 Å². The van der Waals surface area contributed by atoms with Crippen LogP contribution in [0.1, 0.15) is 43.0 Å². The summed E-state index contributed by atoms with van der Waals surface area (Å²) in [5, 5.41) is 5.04. The highest BCUT2D eigenvalue weighted by molar-refractivity contribution is 5.76. The molecular weight excluding hydrogens is 404 g/mol. The van der Waals surface area contributed by atoms with E-state index >= 15 is 0 Å². The fraction of sp³-hybridized carbons (Fsp3) is 0.308. The quantitative estimate of drug-likeness (QED) is 0.412. The number of para-hydroxylation sites is 1. The lowest BCUT2D eigenvalue weighted by Crippen LogP contribution is -2.30. The van der Waals surface area contributed by atoms with Gasteiger partial charge in [0.25, 0.3) is 0 Å². The minimum absolute atomic E-state index is 0.0360. The van der Waals surface area contributed by atoms with E-state index in [-0.39, 0.29) is 11.5 Å². The van der Waals surface area contributed by atoms with E-state index in [1.807, 2.05) is 54.6 Å². The second kappa shape index (κ2) is 9.01. The first-order valence-electron chi connectivity index (χ1n) is 11.1. The van der Waals surface area contributed by atoms with E-state index in [4.69, 9.17) is 13.7 Å². The first kappa shape index (κ1) is 20.5. The lowest BCUT2D eigenvalue weighted by molar-refractivity contribution is 0.182. The number of ether oxygens (including phenoxy) is 1. The molecule has 1 atom stereocenters. The van der Waals surface area contributed by atoms with E-state index in [9.17, 15) is 4.79 Å². The molecule has 0 aliphatic carbocycles. The van der Waals surface area contributed by atoms with Gasteiger partial charge in [-0.3, -0.25) is 9.69 Å². The predicted octanol–water partition coefficient (Wildman–Crippen LogP) is 5.57. The average molecular weight is 431 g/mol. The normalized spacial score (nSPS) is 17.3. The van der Waals surface area contributed by atoms with Crippen LogP contribution < -0.4 is 10.2 Å². The lowest BCUT2D eigenvalue weighted by Gasteiger charge is -2.28. The third kappa shape index (κ3) is 4.06. The van der Waals surface area contributed by atoms with Crippen LogP contribution in [-0.2, 0) is 6.54 Å². The number of benzene rings is 2. The number of hydrogen-bond acceptors (Lipinski definition) is 6. The van der Waals surface area contributed by atoms with Crippen molar-refractivity contribution in [1.29, 1.82) is 0 Å². The molecule has 0 spiro atoms. The molecule has 4 aromatic rings. The highest BCUT2D eigenvalue weighted by atomic mass is 16.5. The first-order valence-corrected chi connectivity index (χ1v) is 11.1. The van der Waals surface area contributed by atoms with Gasteiger partial charge < -0.3 is 13.7 Å². The minimum atomic E-state index is 0.0360. The third-order valence-electron chi connectivity index (χ3n) is 6.23. The van der Waals surface area contributed by atoms with E-state index in [2.05, 4.69) is 10.1 Å². The Morgan fingerprint density at radius 2 is 1.94 bits per heavy atom. The smallest absolute Gasteiger partial charge is 0.197 e. The Morgan fingerprint density at radius 1 is 1.09 bits per heavy atom. The van der Waals surface area contributed by atoms with E-state index in [1.165, 1.54) is 6.42 Å². The molecule has 1 aliphatic rings. The molecule has 0 N–H and O–H groups in total. The highest BCUT2D eigenvalue weighted by Crippen LogP contribution is 2.33. The van der Waals surface area contributed by atoms with Crippen LogP contribution >= 0.6 is 0 Å². The second-order valence-corrected chi connectivity index (χ2v) is 8.27. The summed E-state index contributed by atoms with van der Waals surface area (Å²) in [6, 6.07) is 17.3. The zero-order valence-electron chi connectivity index (χ0n) is 18.1. The van der Waals surface area contributed by atoms with Crippen molar-refractivity contribution in [2.75, 3.05) is 13.7 Å². The summed E-state index contributed by atoms with van der Waals surface area (Å²) < 4.78 is 16.7. The fourth-order valence-corrected chi connectivity index (χ4v) is 4.48. The van der Waals surface area contributed by atoms with Crippen molar-refractivity contribution in [3.8, 4) is 17.1 Å². The van der Waals surface area contributed by atoms with Crippen LogP contribution in [-0.4, -0.2) is 23.7 Å². The van der Waals surface area contributed by atoms with E-state index in [1.54, 1.807) is 13.4 Å². The van der Waals surface area contributed by atoms with Crippen LogP contribution in [0.25, 0.3) is 22.3 Å². The fourth-order valence-electron chi connectivity index (χ4n) is 4.48. The van der Waals surface area contributed by atoms with Crippen molar-refractivity contribution >= 4 is 11.0 Å². The van der Waals surface area contributed by atoms with Crippen molar-refractivity contribution in [3.63, 3.8) is 0 Å². The van der Waals surface area contributed by atoms with Crippen LogP contribution in [0.2, 0.25) is 0 Å². The topological polar surface area (TPSA) is 68.7 Å². The average Bonchev–Trinajstić information content (AvgIpc) is 3.21. The van der Waals surface area contributed by atoms with Crippen LogP contribution in [0.5, 0.6) is 5.75 Å². The van der Waals surface area contributed by atoms with Crippen molar-refractivity contribution in [2.24, 2.45) is 0 Å². The summed E-state index contributed by atoms with van der Waals surface area (Å²) >= 11 is 0. The molecule has 2 aromatic heterocycles. The summed E-state index contributed by atoms with van der Waals surface area (Å²) in [5.74, 6) is 1.54. The molecule has 164 valence electrons. The Balaban J connectivity index is 1.43. The lowest BCUT2D eigenvalue weighted by atomic mass is 10.0. The Bertz CT molecular complexity index is 1260. The number of hydrogen-bond donors (Lipinski definition) is 0. The van der Waals surface area contributed by atoms with Crippen LogP contribution in [0.3, 0.4) is 0 Å². The number of nitrogens with zero attached hydrogens (tertiary/aromatic N) is 2. The molecule has 3 heterocycles. The molecule has 1 aliphatic heterocycles. The monoisotopic (exact) mass is 430 g/mol. The third-order valence-corrected chi connectivity index (χ3v) is 6.23. The van der Waals surface area contributed by atoms with Crippen molar-refractivity contribution in [3.05, 3.63) is 82.3 Å². The summed E-state index contributed by atoms with van der Waals surface area (Å²) in [7, 11) is 1.65. The van der Waals surface area contributed by atoms with Gasteiger partial charge in [0.05, 0.1) is 24.8 Å². The van der Waals surface area contributed by atoms with Crippen LogP contribution in [0.15, 0.2) is 74.6 Å². The Labute approximate surface area is 186 Å². The number of aromatic nitrogens is 1. The van der Waals surface area contributed by atoms with Crippen molar-refractivity contribution in [1.82, 2.24) is 10.1 Å². The maximum absolute atomic E-state index is 13.0. The highest BCUT2D eigenvalue weighted by Gasteiger charge is 2.27. The second-order valence-electron chi connectivity index (χ2n) is 8.27. The largest absolute Gasteiger partial charge is 0.497 e. The van der Waals surface area contributed by atoms with Gasteiger partial charge in [0.1, 0.15) is 17.0 Å². The maximum Gasteiger partial charge on any atom is 0.197 e. The molecule has 0 amide bonds. The summed E-state index contributed by atoms with van der Waals surface area (Å²) in [4.78, 5) is 15.4. The van der Waals surface area contributed by atoms with Gasteiger partial charge in [-0.1, -0.05) is 30.1 Å². The molecule has 0 saturated carbocycles. The Hall–Kier alpha value is -3.38. The molecular formula is C26H26N2O4. The van der Waals surface area contributed by atoms with Gasteiger partial charge in [0, 0.05) is 23.7 Å². The van der Waals surface area contributed by atoms with Crippen molar-refractivity contribution < 1.29 is 13.7 Å². The van der Waals surface area contributed by atoms with Crippen molar-refractivity contribution in [2.45, 2.75) is 38.3 Å². The Kier molecular flexibility index (Phi) is 5.77. The van der Waals surface area contributed by atoms with Gasteiger partial charge >= 0.3 is 0 Å². The zero-order valence-corrected chi connectivity index (χ0v) is 18.1. The van der Waals surface area contributed by atoms with Crippen LogP contribution in [0, 0.1) is 0 Å². The van der Waals surface area contributed by atoms with E-state index in [0.29, 0.717) is 23.1 Å². The van der Waals surface area contributed by atoms with Gasteiger partial charge in [0.2, 0.25) is 0 Å². The predicted molar refractivity (Wildman–Crippen MR) is 123 cm³/mol. The minimum Gasteiger partial charge on any atom is -0.497 e. The molecule has 0 unspecified atom stereocenters. The van der Waals surface area contributed by atoms with E-state index in [0.717, 1.165) is 48.6 Å². The molecule has 0 radical (unpaired) electrons. The molecule has 2 aromatic carbocycles. The summed E-state index contributed by atoms with van der Waals surface area (Å²) in [5.41, 5.74) is 3.19. The molecule has 1 fully saturated rings. The molecule has 6 nitrogen and oxygen atoms in total. The number of methoxy groups -OCH3 is 1. The number of likely N-dealkylation sites (tertiary alicyclic amines) is 1. The molecule has 5 rings (SSSR count). The molecule has 6 heteroatoms. The number of rotatable bonds is 5. The maximum atomic E-state index is 13.0. The molecule has 1 saturated heterocycles. The van der Waals surface area contributed by atoms with E-state index < -0.39 is 0 Å². The SMILES string of the molecule is COc1ccc(-c2cc([C@H]3CCCCCN3Cc3coc4ccccc4c3=O)no2)cc1. The Morgan fingerprint density at radius 3 is 2.78 bits per heavy atom. The molecule has 32 heavy (non-hydrogen) atoms. The van der Waals surface area contributed by atoms with Gasteiger partial charge in [0.15, 0.2) is 11.2 Å². The zero-order chi connectivity index (χ0) is 21.9. The van der Waals surface area contributed by atoms with Crippen LogP contribution in [0.4, 0.5) is 0 Å². The van der Waals surface area contributed by atoms with Gasteiger partial charge in [-0.25, -0.2) is 0 Å².